The topological polar surface area (TPSA) is 106 Å². The highest BCUT2D eigenvalue weighted by molar-refractivity contribution is 6.29. The van der Waals surface area contributed by atoms with Crippen LogP contribution in [0.25, 0.3) is 22.3 Å². The lowest BCUT2D eigenvalue weighted by Crippen LogP contribution is -2.27. The third-order valence-corrected chi connectivity index (χ3v) is 6.14. The van der Waals surface area contributed by atoms with Crippen LogP contribution in [0.15, 0.2) is 56.7 Å². The number of halogens is 3. The van der Waals surface area contributed by atoms with Crippen LogP contribution in [0.2, 0.25) is 5.15 Å². The van der Waals surface area contributed by atoms with E-state index >= 15 is 0 Å². The molecule has 0 spiro atoms. The molecule has 0 aliphatic rings. The van der Waals surface area contributed by atoms with Gasteiger partial charge in [0.15, 0.2) is 22.9 Å². The molecule has 8 nitrogen and oxygen atoms in total. The maximum Gasteiger partial charge on any atom is 0.320 e. The number of aromatic nitrogens is 1. The molecular formula is C27H23ClF2N4O4. The van der Waals surface area contributed by atoms with E-state index in [0.29, 0.717) is 22.2 Å². The first kappa shape index (κ1) is 26.7. The standard InChI is InChI=1S/C27H23ClF2N4O4/c1-13-9-17(15(3)32-21-7-8-22(28)33-23(21)27(31-4)34-37-12-35)26-18(10-13)24(36)14(2)25(38-26)16-5-6-19(29)20(30)11-16/h5-12,15,32H,1-4H3,(H,31,34). The Morgan fingerprint density at radius 1 is 1.16 bits per heavy atom. The summed E-state index contributed by atoms with van der Waals surface area (Å²) >= 11 is 6.10. The molecule has 196 valence electrons. The molecule has 4 rings (SSSR count). The van der Waals surface area contributed by atoms with Gasteiger partial charge in [0, 0.05) is 23.7 Å². The molecule has 0 radical (unpaired) electrons. The van der Waals surface area contributed by atoms with Gasteiger partial charge in [-0.25, -0.2) is 13.8 Å². The van der Waals surface area contributed by atoms with Crippen molar-refractivity contribution in [2.24, 2.45) is 4.99 Å². The Balaban J connectivity index is 1.85. The largest absolute Gasteiger partial charge is 0.455 e. The van der Waals surface area contributed by atoms with Gasteiger partial charge in [-0.2, -0.15) is 5.48 Å². The summed E-state index contributed by atoms with van der Waals surface area (Å²) in [5.41, 5.74) is 5.16. The number of amidine groups is 1. The van der Waals surface area contributed by atoms with Crippen molar-refractivity contribution < 1.29 is 22.8 Å². The van der Waals surface area contributed by atoms with E-state index in [1.807, 2.05) is 19.9 Å². The number of aryl methyl sites for hydroxylation is 1. The molecule has 38 heavy (non-hydrogen) atoms. The van der Waals surface area contributed by atoms with Gasteiger partial charge in [0.2, 0.25) is 0 Å². The fourth-order valence-electron chi connectivity index (χ4n) is 4.13. The van der Waals surface area contributed by atoms with Gasteiger partial charge in [-0.15, -0.1) is 0 Å². The molecule has 2 heterocycles. The molecule has 2 aromatic carbocycles. The average Bonchev–Trinajstić information content (AvgIpc) is 2.89. The fourth-order valence-corrected chi connectivity index (χ4v) is 4.27. The predicted octanol–water partition coefficient (Wildman–Crippen LogP) is 5.63. The number of aliphatic imine (C=N–C) groups is 1. The van der Waals surface area contributed by atoms with Gasteiger partial charge in [0.1, 0.15) is 22.2 Å². The molecule has 0 aliphatic carbocycles. The van der Waals surface area contributed by atoms with E-state index in [4.69, 9.17) is 16.0 Å². The molecule has 11 heteroatoms. The minimum Gasteiger partial charge on any atom is -0.455 e. The van der Waals surface area contributed by atoms with Gasteiger partial charge in [-0.3, -0.25) is 14.6 Å². The molecule has 1 atom stereocenters. The normalized spacial score (nSPS) is 12.3. The molecule has 0 aliphatic heterocycles. The highest BCUT2D eigenvalue weighted by Gasteiger charge is 2.21. The molecule has 4 aromatic rings. The second kappa shape index (κ2) is 11.0. The predicted molar refractivity (Wildman–Crippen MR) is 141 cm³/mol. The number of anilines is 1. The zero-order chi connectivity index (χ0) is 27.6. The third-order valence-electron chi connectivity index (χ3n) is 5.93. The second-order valence-corrected chi connectivity index (χ2v) is 8.92. The summed E-state index contributed by atoms with van der Waals surface area (Å²) in [5, 5.41) is 3.85. The molecule has 1 unspecified atom stereocenters. The number of nitrogens with one attached hydrogen (secondary N) is 2. The lowest BCUT2D eigenvalue weighted by Gasteiger charge is -2.20. The van der Waals surface area contributed by atoms with Gasteiger partial charge < -0.3 is 14.6 Å². The van der Waals surface area contributed by atoms with E-state index < -0.39 is 17.7 Å². The number of carbonyl (C=O) groups is 1. The van der Waals surface area contributed by atoms with Crippen molar-refractivity contribution in [3.8, 4) is 11.3 Å². The Bertz CT molecular complexity index is 1640. The summed E-state index contributed by atoms with van der Waals surface area (Å²) in [5.74, 6) is -1.76. The van der Waals surface area contributed by atoms with Gasteiger partial charge in [0.25, 0.3) is 0 Å². The summed E-state index contributed by atoms with van der Waals surface area (Å²) in [6, 6.07) is 9.72. The van der Waals surface area contributed by atoms with Crippen LogP contribution in [-0.4, -0.2) is 24.3 Å². The second-order valence-electron chi connectivity index (χ2n) is 8.53. The Morgan fingerprint density at radius 3 is 2.61 bits per heavy atom. The van der Waals surface area contributed by atoms with Crippen LogP contribution < -0.4 is 16.2 Å². The lowest BCUT2D eigenvalue weighted by atomic mass is 9.98. The number of hydrogen-bond acceptors (Lipinski definition) is 7. The van der Waals surface area contributed by atoms with Crippen molar-refractivity contribution in [1.29, 1.82) is 0 Å². The van der Waals surface area contributed by atoms with Gasteiger partial charge in [0.05, 0.1) is 17.1 Å². The Hall–Kier alpha value is -4.31. The zero-order valence-corrected chi connectivity index (χ0v) is 21.6. The molecule has 0 saturated heterocycles. The molecule has 0 bridgehead atoms. The minimum atomic E-state index is -1.05. The summed E-state index contributed by atoms with van der Waals surface area (Å²) in [6.45, 7) is 5.49. The Labute approximate surface area is 221 Å². The summed E-state index contributed by atoms with van der Waals surface area (Å²) < 4.78 is 33.7. The number of fused-ring (bicyclic) bond motifs is 1. The SMILES string of the molecule is CN=C(NOC=O)c1nc(Cl)ccc1NC(C)c1cc(C)cc2c(=O)c(C)c(-c3ccc(F)c(F)c3)oc12. The summed E-state index contributed by atoms with van der Waals surface area (Å²) in [4.78, 5) is 37.0. The first-order valence-electron chi connectivity index (χ1n) is 11.4. The maximum absolute atomic E-state index is 14.0. The van der Waals surface area contributed by atoms with Crippen LogP contribution in [0.4, 0.5) is 14.5 Å². The molecule has 0 fully saturated rings. The summed E-state index contributed by atoms with van der Waals surface area (Å²) in [6.07, 6.45) is 0. The quantitative estimate of drug-likeness (QED) is 0.103. The van der Waals surface area contributed by atoms with Gasteiger partial charge in [-0.1, -0.05) is 17.7 Å². The number of pyridine rings is 1. The Morgan fingerprint density at radius 2 is 1.92 bits per heavy atom. The van der Waals surface area contributed by atoms with Gasteiger partial charge >= 0.3 is 6.47 Å². The van der Waals surface area contributed by atoms with E-state index in [1.54, 1.807) is 25.1 Å². The van der Waals surface area contributed by atoms with Crippen molar-refractivity contribution in [3.05, 3.63) is 91.9 Å². The van der Waals surface area contributed by atoms with Crippen molar-refractivity contribution in [3.63, 3.8) is 0 Å². The number of rotatable bonds is 7. The van der Waals surface area contributed by atoms with E-state index in [0.717, 1.165) is 17.7 Å². The summed E-state index contributed by atoms with van der Waals surface area (Å²) in [7, 11) is 1.48. The molecule has 0 saturated carbocycles. The third kappa shape index (κ3) is 5.21. The van der Waals surface area contributed by atoms with Crippen LogP contribution in [0.3, 0.4) is 0 Å². The van der Waals surface area contributed by atoms with Crippen molar-refractivity contribution in [1.82, 2.24) is 10.5 Å². The number of benzene rings is 2. The minimum absolute atomic E-state index is 0.142. The Kier molecular flexibility index (Phi) is 7.72. The highest BCUT2D eigenvalue weighted by Crippen LogP contribution is 2.33. The van der Waals surface area contributed by atoms with Crippen LogP contribution in [0.1, 0.15) is 35.3 Å². The van der Waals surface area contributed by atoms with E-state index in [1.165, 1.54) is 13.1 Å². The average molecular weight is 541 g/mol. The monoisotopic (exact) mass is 540 g/mol. The number of nitrogens with zero attached hydrogens (tertiary/aromatic N) is 2. The number of hydrogen-bond donors (Lipinski definition) is 2. The first-order chi connectivity index (χ1) is 18.1. The van der Waals surface area contributed by atoms with Crippen molar-refractivity contribution >= 4 is 40.6 Å². The molecule has 2 aromatic heterocycles. The van der Waals surface area contributed by atoms with Crippen molar-refractivity contribution in [2.45, 2.75) is 26.8 Å². The number of hydroxylamine groups is 1. The zero-order valence-electron chi connectivity index (χ0n) is 20.9. The smallest absolute Gasteiger partial charge is 0.320 e. The lowest BCUT2D eigenvalue weighted by molar-refractivity contribution is -0.132. The van der Waals surface area contributed by atoms with Gasteiger partial charge in [-0.05, 0) is 62.7 Å². The van der Waals surface area contributed by atoms with E-state index in [9.17, 15) is 18.4 Å². The van der Waals surface area contributed by atoms with Crippen LogP contribution in [0, 0.1) is 25.5 Å². The van der Waals surface area contributed by atoms with Crippen LogP contribution >= 0.6 is 11.6 Å². The van der Waals surface area contributed by atoms with E-state index in [-0.39, 0.29) is 45.5 Å². The maximum atomic E-state index is 14.0. The van der Waals surface area contributed by atoms with Crippen molar-refractivity contribution in [2.75, 3.05) is 12.4 Å². The molecule has 0 amide bonds. The fraction of sp³-hybridized carbons (Fsp3) is 0.185. The van der Waals surface area contributed by atoms with Crippen LogP contribution in [0.5, 0.6) is 0 Å². The number of carbonyl (C=O) groups excluding carboxylic acids is 1. The van der Waals surface area contributed by atoms with Crippen LogP contribution in [-0.2, 0) is 9.63 Å². The van der Waals surface area contributed by atoms with E-state index in [2.05, 4.69) is 25.6 Å². The molecular weight excluding hydrogens is 518 g/mol. The highest BCUT2D eigenvalue weighted by atomic mass is 35.5. The first-order valence-corrected chi connectivity index (χ1v) is 11.8. The molecule has 2 N–H and O–H groups in total.